The number of halogens is 1. The van der Waals surface area contributed by atoms with E-state index in [1.807, 2.05) is 6.20 Å². The predicted molar refractivity (Wildman–Crippen MR) is 77.4 cm³/mol. The number of piperazine rings is 3. The zero-order chi connectivity index (χ0) is 12.8. The van der Waals surface area contributed by atoms with Gasteiger partial charge in [-0.3, -0.25) is 9.80 Å². The topological polar surface area (TPSA) is 32.3 Å². The van der Waals surface area contributed by atoms with Gasteiger partial charge in [0.15, 0.2) is 0 Å². The molecule has 1 aliphatic carbocycles. The van der Waals surface area contributed by atoms with Crippen molar-refractivity contribution in [3.05, 3.63) is 23.3 Å². The summed E-state index contributed by atoms with van der Waals surface area (Å²) >= 11 is 3.56. The fourth-order valence-corrected chi connectivity index (χ4v) is 3.70. The zero-order valence-electron chi connectivity index (χ0n) is 11.1. The highest BCUT2D eigenvalue weighted by Crippen LogP contribution is 2.41. The number of fused-ring (bicyclic) bond motifs is 3. The summed E-state index contributed by atoms with van der Waals surface area (Å²) in [6.07, 6.45) is 4.65. The molecule has 1 aromatic rings. The van der Waals surface area contributed by atoms with Crippen LogP contribution in [0.4, 0.5) is 0 Å². The maximum atomic E-state index is 4.94. The van der Waals surface area contributed by atoms with Crippen molar-refractivity contribution in [1.29, 1.82) is 0 Å². The minimum Gasteiger partial charge on any atom is -0.299 e. The van der Waals surface area contributed by atoms with Crippen LogP contribution in [0.25, 0.3) is 0 Å². The van der Waals surface area contributed by atoms with Crippen LogP contribution in [0.2, 0.25) is 0 Å². The summed E-state index contributed by atoms with van der Waals surface area (Å²) in [5.41, 5.74) is 2.59. The molecule has 0 amide bonds. The highest BCUT2D eigenvalue weighted by Gasteiger charge is 2.36. The van der Waals surface area contributed by atoms with Crippen LogP contribution in [0, 0.1) is 0 Å². The van der Waals surface area contributed by atoms with E-state index < -0.39 is 0 Å². The second-order valence-electron chi connectivity index (χ2n) is 5.90. The Labute approximate surface area is 122 Å². The van der Waals surface area contributed by atoms with Crippen LogP contribution < -0.4 is 0 Å². The lowest BCUT2D eigenvalue weighted by atomic mass is 10.1. The maximum absolute atomic E-state index is 4.94. The minimum atomic E-state index is 0.421. The van der Waals surface area contributed by atoms with E-state index in [0.29, 0.717) is 12.0 Å². The Morgan fingerprint density at radius 1 is 1.21 bits per heavy atom. The normalized spacial score (nSPS) is 33.6. The van der Waals surface area contributed by atoms with Gasteiger partial charge in [-0.15, -0.1) is 0 Å². The van der Waals surface area contributed by atoms with Crippen LogP contribution in [0.3, 0.4) is 0 Å². The molecule has 0 spiro atoms. The van der Waals surface area contributed by atoms with E-state index in [1.165, 1.54) is 50.3 Å². The quantitative estimate of drug-likeness (QED) is 0.796. The number of alkyl halides is 1. The van der Waals surface area contributed by atoms with Gasteiger partial charge in [-0.05, 0) is 12.8 Å². The number of nitrogens with zero attached hydrogens (tertiary/aromatic N) is 4. The average molecular weight is 323 g/mol. The molecule has 5 rings (SSSR count). The average Bonchev–Trinajstić information content (AvgIpc) is 3.32. The maximum Gasteiger partial charge on any atom is 0.146 e. The highest BCUT2D eigenvalue weighted by atomic mass is 79.9. The number of aromatic nitrogens is 2. The van der Waals surface area contributed by atoms with Gasteiger partial charge >= 0.3 is 0 Å². The first-order valence-corrected chi connectivity index (χ1v) is 8.35. The highest BCUT2D eigenvalue weighted by molar-refractivity contribution is 9.08. The van der Waals surface area contributed by atoms with Crippen LogP contribution in [0.1, 0.15) is 41.9 Å². The molecule has 4 heterocycles. The van der Waals surface area contributed by atoms with Gasteiger partial charge in [-0.1, -0.05) is 15.9 Å². The molecule has 3 aliphatic heterocycles. The smallest absolute Gasteiger partial charge is 0.146 e. The summed E-state index contributed by atoms with van der Waals surface area (Å²) < 4.78 is 0. The summed E-state index contributed by atoms with van der Waals surface area (Å²) in [4.78, 5) is 14.7. The molecule has 4 aliphatic rings. The summed E-state index contributed by atoms with van der Waals surface area (Å²) in [7, 11) is 0. The van der Waals surface area contributed by atoms with E-state index >= 15 is 0 Å². The zero-order valence-corrected chi connectivity index (χ0v) is 12.6. The molecule has 0 radical (unpaired) electrons. The molecule has 19 heavy (non-hydrogen) atoms. The standard InChI is InChI=1S/C14H19BrN4/c15-7-11-8-16-14(17-13(11)10-1-2-10)12-9-18-3-5-19(12)6-4-18/h8,10,12H,1-7,9H2. The molecule has 3 saturated heterocycles. The fraction of sp³-hybridized carbons (Fsp3) is 0.714. The van der Waals surface area contributed by atoms with Crippen molar-refractivity contribution in [2.75, 3.05) is 32.7 Å². The molecular weight excluding hydrogens is 304 g/mol. The Bertz CT molecular complexity index is 480. The fourth-order valence-electron chi connectivity index (χ4n) is 3.27. The van der Waals surface area contributed by atoms with E-state index in [2.05, 4.69) is 30.7 Å². The molecular formula is C14H19BrN4. The van der Waals surface area contributed by atoms with Crippen molar-refractivity contribution in [2.24, 2.45) is 0 Å². The van der Waals surface area contributed by atoms with Crippen LogP contribution in [-0.2, 0) is 5.33 Å². The molecule has 2 bridgehead atoms. The molecule has 5 heteroatoms. The lowest BCUT2D eigenvalue weighted by Crippen LogP contribution is -2.57. The monoisotopic (exact) mass is 322 g/mol. The first kappa shape index (κ1) is 12.2. The van der Waals surface area contributed by atoms with Crippen LogP contribution in [0.5, 0.6) is 0 Å². The Hall–Kier alpha value is -0.520. The van der Waals surface area contributed by atoms with Crippen LogP contribution >= 0.6 is 15.9 Å². The first-order chi connectivity index (χ1) is 9.35. The minimum absolute atomic E-state index is 0.421. The molecule has 1 unspecified atom stereocenters. The Balaban J connectivity index is 1.65. The molecule has 1 aromatic heterocycles. The third-order valence-corrected chi connectivity index (χ3v) is 5.21. The summed E-state index contributed by atoms with van der Waals surface area (Å²) in [5.74, 6) is 1.75. The molecule has 4 fully saturated rings. The van der Waals surface area contributed by atoms with Crippen molar-refractivity contribution in [3.8, 4) is 0 Å². The lowest BCUT2D eigenvalue weighted by molar-refractivity contribution is 0.00854. The van der Waals surface area contributed by atoms with Gasteiger partial charge in [-0.2, -0.15) is 0 Å². The van der Waals surface area contributed by atoms with Gasteiger partial charge in [0.25, 0.3) is 0 Å². The van der Waals surface area contributed by atoms with Crippen LogP contribution in [0.15, 0.2) is 6.20 Å². The second-order valence-corrected chi connectivity index (χ2v) is 6.46. The Morgan fingerprint density at radius 2 is 2.00 bits per heavy atom. The summed E-state index contributed by atoms with van der Waals surface area (Å²) in [6, 6.07) is 0.421. The second kappa shape index (κ2) is 4.79. The van der Waals surface area contributed by atoms with Crippen molar-refractivity contribution in [1.82, 2.24) is 19.8 Å². The SMILES string of the molecule is BrCc1cnc(C2CN3CCN2CC3)nc1C1CC1. The lowest BCUT2D eigenvalue weighted by Gasteiger charge is -2.46. The van der Waals surface area contributed by atoms with Crippen LogP contribution in [-0.4, -0.2) is 52.5 Å². The molecule has 0 N–H and O–H groups in total. The molecule has 4 nitrogen and oxygen atoms in total. The Morgan fingerprint density at radius 3 is 2.58 bits per heavy atom. The van der Waals surface area contributed by atoms with Gasteiger partial charge in [0.2, 0.25) is 0 Å². The van der Waals surface area contributed by atoms with E-state index in [4.69, 9.17) is 4.98 Å². The number of hydrogen-bond acceptors (Lipinski definition) is 4. The third kappa shape index (κ3) is 2.22. The van der Waals surface area contributed by atoms with Gasteiger partial charge in [0.1, 0.15) is 5.82 Å². The first-order valence-electron chi connectivity index (χ1n) is 7.23. The Kier molecular flexibility index (Phi) is 3.09. The molecule has 102 valence electrons. The molecule has 1 atom stereocenters. The van der Waals surface area contributed by atoms with Crippen molar-refractivity contribution < 1.29 is 0 Å². The number of rotatable bonds is 3. The van der Waals surface area contributed by atoms with Crippen molar-refractivity contribution >= 4 is 15.9 Å². The van der Waals surface area contributed by atoms with Gasteiger partial charge < -0.3 is 0 Å². The summed E-state index contributed by atoms with van der Waals surface area (Å²) in [6.45, 7) is 5.88. The summed E-state index contributed by atoms with van der Waals surface area (Å²) in [5, 5.41) is 0.875. The van der Waals surface area contributed by atoms with E-state index in [0.717, 1.165) is 17.7 Å². The molecule has 0 aromatic carbocycles. The number of hydrogen-bond donors (Lipinski definition) is 0. The third-order valence-electron chi connectivity index (χ3n) is 4.60. The van der Waals surface area contributed by atoms with Gasteiger partial charge in [0.05, 0.1) is 11.7 Å². The van der Waals surface area contributed by atoms with E-state index in [-0.39, 0.29) is 0 Å². The van der Waals surface area contributed by atoms with Gasteiger partial charge in [0, 0.05) is 55.7 Å². The van der Waals surface area contributed by atoms with Crippen molar-refractivity contribution in [3.63, 3.8) is 0 Å². The largest absolute Gasteiger partial charge is 0.299 e. The molecule has 1 saturated carbocycles. The van der Waals surface area contributed by atoms with Crippen molar-refractivity contribution in [2.45, 2.75) is 30.1 Å². The van der Waals surface area contributed by atoms with E-state index in [1.54, 1.807) is 0 Å². The van der Waals surface area contributed by atoms with Gasteiger partial charge in [-0.25, -0.2) is 9.97 Å². The predicted octanol–water partition coefficient (Wildman–Crippen LogP) is 1.92. The van der Waals surface area contributed by atoms with E-state index in [9.17, 15) is 0 Å².